The third kappa shape index (κ3) is 4.35. The van der Waals surface area contributed by atoms with E-state index in [9.17, 15) is 14.4 Å². The third-order valence-electron chi connectivity index (χ3n) is 6.95. The second-order valence-electron chi connectivity index (χ2n) is 9.10. The van der Waals surface area contributed by atoms with Gasteiger partial charge >= 0.3 is 0 Å². The lowest BCUT2D eigenvalue weighted by Crippen LogP contribution is -2.52. The van der Waals surface area contributed by atoms with Crippen LogP contribution in [0.2, 0.25) is 5.28 Å². The predicted octanol–water partition coefficient (Wildman–Crippen LogP) is 1.56. The monoisotopic (exact) mass is 483 g/mol. The number of carbonyl (C=O) groups is 3. The van der Waals surface area contributed by atoms with Gasteiger partial charge in [0.25, 0.3) is 5.91 Å². The zero-order valence-electron chi connectivity index (χ0n) is 18.6. The van der Waals surface area contributed by atoms with Crippen molar-refractivity contribution < 1.29 is 14.4 Å². The Morgan fingerprint density at radius 1 is 1.12 bits per heavy atom. The number of aromatic nitrogens is 3. The first-order valence-electron chi connectivity index (χ1n) is 11.5. The maximum absolute atomic E-state index is 13.5. The number of nitrogens with two attached hydrogens (primary N) is 1. The summed E-state index contributed by atoms with van der Waals surface area (Å²) >= 11 is 6.07. The SMILES string of the molecule is NC1CCC(N(Cc2cccc3c2C(=O)N(C2CCC(=O)NC2=O)C3)c2ncnc(Cl)n2)CC1. The maximum Gasteiger partial charge on any atom is 0.255 e. The van der Waals surface area contributed by atoms with E-state index in [-0.39, 0.29) is 35.6 Å². The second kappa shape index (κ2) is 9.27. The first-order valence-corrected chi connectivity index (χ1v) is 11.9. The fraction of sp³-hybridized carbons (Fsp3) is 0.478. The van der Waals surface area contributed by atoms with E-state index in [1.54, 1.807) is 4.90 Å². The normalized spacial score (nSPS) is 24.7. The number of nitrogens with one attached hydrogen (secondary N) is 1. The molecular weight excluding hydrogens is 458 g/mol. The van der Waals surface area contributed by atoms with Gasteiger partial charge in [0.2, 0.25) is 23.0 Å². The molecule has 2 fully saturated rings. The molecule has 2 aliphatic heterocycles. The summed E-state index contributed by atoms with van der Waals surface area (Å²) in [4.78, 5) is 53.7. The number of piperidine rings is 1. The molecule has 11 heteroatoms. The van der Waals surface area contributed by atoms with Crippen LogP contribution in [0, 0.1) is 0 Å². The highest BCUT2D eigenvalue weighted by atomic mass is 35.5. The second-order valence-corrected chi connectivity index (χ2v) is 9.44. The van der Waals surface area contributed by atoms with Gasteiger partial charge in [-0.3, -0.25) is 19.7 Å². The Balaban J connectivity index is 1.44. The van der Waals surface area contributed by atoms with E-state index in [4.69, 9.17) is 17.3 Å². The minimum absolute atomic E-state index is 0.112. The van der Waals surface area contributed by atoms with Crippen LogP contribution in [0.1, 0.15) is 60.0 Å². The van der Waals surface area contributed by atoms with Crippen LogP contribution in [-0.4, -0.2) is 55.7 Å². The highest BCUT2D eigenvalue weighted by Gasteiger charge is 2.40. The average molecular weight is 484 g/mol. The number of nitrogens with zero attached hydrogens (tertiary/aromatic N) is 5. The van der Waals surface area contributed by atoms with Gasteiger partial charge in [-0.25, -0.2) is 9.97 Å². The number of benzene rings is 1. The van der Waals surface area contributed by atoms with Crippen molar-refractivity contribution in [3.8, 4) is 0 Å². The highest BCUT2D eigenvalue weighted by Crippen LogP contribution is 2.33. The molecule has 1 aromatic heterocycles. The number of anilines is 1. The van der Waals surface area contributed by atoms with Gasteiger partial charge in [-0.1, -0.05) is 18.2 Å². The minimum Gasteiger partial charge on any atom is -0.333 e. The predicted molar refractivity (Wildman–Crippen MR) is 124 cm³/mol. The smallest absolute Gasteiger partial charge is 0.255 e. The number of hydrogen-bond acceptors (Lipinski definition) is 8. The Bertz CT molecular complexity index is 1140. The summed E-state index contributed by atoms with van der Waals surface area (Å²) in [5.41, 5.74) is 8.43. The van der Waals surface area contributed by atoms with Crippen molar-refractivity contribution in [3.63, 3.8) is 0 Å². The van der Waals surface area contributed by atoms with Crippen LogP contribution in [0.4, 0.5) is 5.95 Å². The fourth-order valence-corrected chi connectivity index (χ4v) is 5.31. The first kappa shape index (κ1) is 22.7. The molecule has 3 heterocycles. The lowest BCUT2D eigenvalue weighted by Gasteiger charge is -2.36. The van der Waals surface area contributed by atoms with E-state index in [2.05, 4.69) is 25.2 Å². The Hall–Kier alpha value is -3.11. The molecule has 1 unspecified atom stereocenters. The molecule has 3 amide bonds. The quantitative estimate of drug-likeness (QED) is 0.612. The number of rotatable bonds is 5. The average Bonchev–Trinajstić information content (AvgIpc) is 3.15. The molecule has 178 valence electrons. The molecule has 2 aromatic rings. The number of halogens is 1. The van der Waals surface area contributed by atoms with Crippen LogP contribution in [0.3, 0.4) is 0 Å². The molecule has 0 spiro atoms. The summed E-state index contributed by atoms with van der Waals surface area (Å²) in [5.74, 6) is -0.450. The lowest BCUT2D eigenvalue weighted by molar-refractivity contribution is -0.136. The molecule has 0 bridgehead atoms. The summed E-state index contributed by atoms with van der Waals surface area (Å²) in [5, 5.41) is 2.46. The lowest BCUT2D eigenvalue weighted by atomic mass is 9.90. The van der Waals surface area contributed by atoms with Crippen LogP contribution < -0.4 is 16.0 Å². The van der Waals surface area contributed by atoms with Crippen LogP contribution in [0.25, 0.3) is 0 Å². The van der Waals surface area contributed by atoms with Crippen molar-refractivity contribution in [2.24, 2.45) is 5.73 Å². The Morgan fingerprint density at radius 3 is 2.65 bits per heavy atom. The molecule has 0 radical (unpaired) electrons. The number of carbonyl (C=O) groups excluding carboxylic acids is 3. The van der Waals surface area contributed by atoms with Gasteiger partial charge in [-0.05, 0) is 54.8 Å². The summed E-state index contributed by atoms with van der Waals surface area (Å²) in [6, 6.07) is 5.44. The maximum atomic E-state index is 13.5. The molecule has 3 aliphatic rings. The topological polar surface area (TPSA) is 134 Å². The Labute approximate surface area is 201 Å². The van der Waals surface area contributed by atoms with Crippen molar-refractivity contribution >= 4 is 35.3 Å². The molecule has 1 aliphatic carbocycles. The van der Waals surface area contributed by atoms with Gasteiger partial charge in [-0.15, -0.1) is 0 Å². The summed E-state index contributed by atoms with van der Waals surface area (Å²) in [6.07, 6.45) is 5.51. The molecule has 1 saturated carbocycles. The van der Waals surface area contributed by atoms with Crippen LogP contribution in [-0.2, 0) is 22.7 Å². The molecule has 1 aromatic carbocycles. The highest BCUT2D eigenvalue weighted by molar-refractivity contribution is 6.28. The van der Waals surface area contributed by atoms with E-state index >= 15 is 0 Å². The molecule has 5 rings (SSSR count). The van der Waals surface area contributed by atoms with E-state index in [1.807, 2.05) is 18.2 Å². The summed E-state index contributed by atoms with van der Waals surface area (Å²) < 4.78 is 0. The summed E-state index contributed by atoms with van der Waals surface area (Å²) in [7, 11) is 0. The van der Waals surface area contributed by atoms with Gasteiger partial charge in [0.15, 0.2) is 0 Å². The minimum atomic E-state index is -0.649. The van der Waals surface area contributed by atoms with Crippen LogP contribution >= 0.6 is 11.6 Å². The van der Waals surface area contributed by atoms with Crippen LogP contribution in [0.15, 0.2) is 24.5 Å². The molecule has 1 saturated heterocycles. The zero-order valence-corrected chi connectivity index (χ0v) is 19.4. The zero-order chi connectivity index (χ0) is 23.8. The molecule has 3 N–H and O–H groups in total. The van der Waals surface area contributed by atoms with Gasteiger partial charge < -0.3 is 15.5 Å². The van der Waals surface area contributed by atoms with Crippen molar-refractivity contribution in [1.29, 1.82) is 0 Å². The van der Waals surface area contributed by atoms with Crippen molar-refractivity contribution in [2.75, 3.05) is 4.90 Å². The van der Waals surface area contributed by atoms with Gasteiger partial charge in [0.05, 0.1) is 0 Å². The molecule has 1 atom stereocenters. The van der Waals surface area contributed by atoms with E-state index < -0.39 is 11.9 Å². The van der Waals surface area contributed by atoms with Crippen molar-refractivity contribution in [2.45, 2.75) is 69.7 Å². The van der Waals surface area contributed by atoms with Crippen molar-refractivity contribution in [1.82, 2.24) is 25.2 Å². The van der Waals surface area contributed by atoms with E-state index in [0.29, 0.717) is 31.0 Å². The van der Waals surface area contributed by atoms with E-state index in [1.165, 1.54) is 6.33 Å². The first-order chi connectivity index (χ1) is 16.4. The molecular formula is C23H26ClN7O3. The third-order valence-corrected chi connectivity index (χ3v) is 7.13. The number of fused-ring (bicyclic) bond motifs is 1. The Morgan fingerprint density at radius 2 is 1.91 bits per heavy atom. The van der Waals surface area contributed by atoms with E-state index in [0.717, 1.165) is 36.8 Å². The van der Waals surface area contributed by atoms with Crippen LogP contribution in [0.5, 0.6) is 0 Å². The standard InChI is InChI=1S/C23H26ClN7O3/c24-22-26-12-27-23(29-22)30(16-6-4-15(25)5-7-16)10-13-2-1-3-14-11-31(21(34)19(13)14)17-8-9-18(32)28-20(17)33/h1-3,12,15-17H,4-11,25H2,(H,28,32,33). The number of amides is 3. The van der Waals surface area contributed by atoms with Gasteiger partial charge in [0, 0.05) is 37.2 Å². The number of imide groups is 1. The molecule has 34 heavy (non-hydrogen) atoms. The number of hydrogen-bond donors (Lipinski definition) is 2. The largest absolute Gasteiger partial charge is 0.333 e. The van der Waals surface area contributed by atoms with Gasteiger partial charge in [0.1, 0.15) is 12.4 Å². The Kier molecular flexibility index (Phi) is 6.18. The van der Waals surface area contributed by atoms with Crippen molar-refractivity contribution in [3.05, 3.63) is 46.5 Å². The summed E-state index contributed by atoms with van der Waals surface area (Å²) in [6.45, 7) is 0.752. The molecule has 10 nitrogen and oxygen atoms in total. The fourth-order valence-electron chi connectivity index (χ4n) is 5.19. The van der Waals surface area contributed by atoms with Gasteiger partial charge in [-0.2, -0.15) is 4.98 Å².